The molecule has 0 spiro atoms. The zero-order chi connectivity index (χ0) is 27.5. The Balaban J connectivity index is 1.56. The number of benzene rings is 1. The summed E-state index contributed by atoms with van der Waals surface area (Å²) in [4.78, 5) is 21.5. The fraction of sp³-hybridized carbons (Fsp3) is 0.600. The number of aliphatic imine (C=N–C) groups is 1. The largest absolute Gasteiger partial charge is 0.384 e. The fourth-order valence-electron chi connectivity index (χ4n) is 4.65. The second-order valence-electron chi connectivity index (χ2n) is 10.8. The van der Waals surface area contributed by atoms with E-state index in [1.165, 1.54) is 17.7 Å². The maximum atomic E-state index is 12.0. The van der Waals surface area contributed by atoms with E-state index in [0.29, 0.717) is 12.5 Å². The summed E-state index contributed by atoms with van der Waals surface area (Å²) in [5.74, 6) is 1.71. The fourth-order valence-corrected chi connectivity index (χ4v) is 5.05. The molecule has 1 aliphatic heterocycles. The number of carbonyl (C=O) groups excluding carboxylic acids is 1. The first kappa shape index (κ1) is 30.2. The van der Waals surface area contributed by atoms with Crippen molar-refractivity contribution in [3.8, 4) is 0 Å². The van der Waals surface area contributed by atoms with E-state index in [2.05, 4.69) is 98.8 Å². The van der Waals surface area contributed by atoms with Gasteiger partial charge >= 0.3 is 0 Å². The van der Waals surface area contributed by atoms with E-state index in [1.54, 1.807) is 0 Å². The molecule has 7 nitrogen and oxygen atoms in total. The topological polar surface area (TPSA) is 72.0 Å². The number of anilines is 2. The molecule has 1 aromatic rings. The molecule has 0 radical (unpaired) electrons. The van der Waals surface area contributed by atoms with Crippen molar-refractivity contribution < 1.29 is 4.79 Å². The van der Waals surface area contributed by atoms with Crippen LogP contribution in [-0.4, -0.2) is 63.0 Å². The summed E-state index contributed by atoms with van der Waals surface area (Å²) in [6.07, 6.45) is 9.07. The summed E-state index contributed by atoms with van der Waals surface area (Å²) < 4.78 is 0.911. The molecule has 2 aliphatic rings. The maximum Gasteiger partial charge on any atom is 0.223 e. The van der Waals surface area contributed by atoms with Gasteiger partial charge in [-0.05, 0) is 85.3 Å². The van der Waals surface area contributed by atoms with Crippen LogP contribution in [0.2, 0.25) is 0 Å². The normalized spacial score (nSPS) is 18.0. The predicted octanol–water partition coefficient (Wildman–Crippen LogP) is 5.82. The van der Waals surface area contributed by atoms with Crippen molar-refractivity contribution >= 4 is 39.0 Å². The monoisotopic (exact) mass is 586 g/mol. The summed E-state index contributed by atoms with van der Waals surface area (Å²) in [5, 5.41) is 10.1. The number of rotatable bonds is 12. The number of likely N-dealkylation sites (N-methyl/N-ethyl adjacent to an activating group) is 1. The van der Waals surface area contributed by atoms with E-state index in [1.807, 2.05) is 13.1 Å². The van der Waals surface area contributed by atoms with Crippen molar-refractivity contribution in [2.24, 2.45) is 10.9 Å². The number of carbonyl (C=O) groups is 1. The Morgan fingerprint density at radius 2 is 1.87 bits per heavy atom. The minimum Gasteiger partial charge on any atom is -0.384 e. The average molecular weight is 588 g/mol. The van der Waals surface area contributed by atoms with Crippen LogP contribution in [0.4, 0.5) is 11.4 Å². The number of amidine groups is 1. The molecule has 8 heteroatoms. The van der Waals surface area contributed by atoms with Gasteiger partial charge in [0.1, 0.15) is 5.84 Å². The van der Waals surface area contributed by atoms with Crippen molar-refractivity contribution in [2.75, 3.05) is 56.5 Å². The number of halogens is 1. The Bertz CT molecular complexity index is 1010. The van der Waals surface area contributed by atoms with Crippen LogP contribution >= 0.6 is 15.9 Å². The third-order valence-electron chi connectivity index (χ3n) is 7.32. The zero-order valence-electron chi connectivity index (χ0n) is 23.9. The van der Waals surface area contributed by atoms with E-state index in [-0.39, 0.29) is 11.8 Å². The molecule has 1 aromatic carbocycles. The lowest BCUT2D eigenvalue weighted by Crippen LogP contribution is -2.44. The van der Waals surface area contributed by atoms with Gasteiger partial charge in [0.15, 0.2) is 0 Å². The number of allylic oxidation sites excluding steroid dienone is 2. The van der Waals surface area contributed by atoms with Crippen molar-refractivity contribution in [1.29, 1.82) is 0 Å². The SMILES string of the molecule is CC/C=C(NCCCNC(=O)C1CCC1)/C(Br)=C\N=C(C)Nc1ccc(N2CCN(C)CC2)cc1C(C)C. The minimum atomic E-state index is 0.216. The number of hydrogen-bond donors (Lipinski definition) is 3. The summed E-state index contributed by atoms with van der Waals surface area (Å²) in [5.41, 5.74) is 4.73. The van der Waals surface area contributed by atoms with Crippen molar-refractivity contribution in [2.45, 2.75) is 65.7 Å². The van der Waals surface area contributed by atoms with Crippen molar-refractivity contribution in [1.82, 2.24) is 15.5 Å². The predicted molar refractivity (Wildman–Crippen MR) is 165 cm³/mol. The molecule has 2 fully saturated rings. The van der Waals surface area contributed by atoms with Crippen LogP contribution in [0.5, 0.6) is 0 Å². The van der Waals surface area contributed by atoms with Crippen LogP contribution in [0.3, 0.4) is 0 Å². The Labute approximate surface area is 238 Å². The van der Waals surface area contributed by atoms with Gasteiger partial charge in [-0.1, -0.05) is 33.3 Å². The first-order valence-electron chi connectivity index (χ1n) is 14.2. The molecule has 3 rings (SSSR count). The van der Waals surface area contributed by atoms with E-state index in [0.717, 1.165) is 80.1 Å². The van der Waals surface area contributed by atoms with Gasteiger partial charge in [0.25, 0.3) is 0 Å². The highest BCUT2D eigenvalue weighted by Gasteiger charge is 2.24. The quantitative estimate of drug-likeness (QED) is 0.125. The lowest BCUT2D eigenvalue weighted by atomic mass is 9.85. The van der Waals surface area contributed by atoms with Gasteiger partial charge in [-0.3, -0.25) is 4.79 Å². The van der Waals surface area contributed by atoms with Gasteiger partial charge in [-0.15, -0.1) is 0 Å². The van der Waals surface area contributed by atoms with Gasteiger partial charge in [0.2, 0.25) is 5.91 Å². The molecule has 1 heterocycles. The van der Waals surface area contributed by atoms with Crippen LogP contribution in [0, 0.1) is 5.92 Å². The average Bonchev–Trinajstić information content (AvgIpc) is 2.86. The van der Waals surface area contributed by atoms with Crippen LogP contribution in [0.1, 0.15) is 71.3 Å². The van der Waals surface area contributed by atoms with Gasteiger partial charge < -0.3 is 25.8 Å². The number of nitrogens with zero attached hydrogens (tertiary/aromatic N) is 3. The van der Waals surface area contributed by atoms with Crippen LogP contribution in [0.15, 0.2) is 45.6 Å². The van der Waals surface area contributed by atoms with Crippen LogP contribution in [0.25, 0.3) is 0 Å². The molecular formula is C30H47BrN6O. The number of nitrogens with one attached hydrogen (secondary N) is 3. The maximum absolute atomic E-state index is 12.0. The zero-order valence-corrected chi connectivity index (χ0v) is 25.5. The lowest BCUT2D eigenvalue weighted by molar-refractivity contribution is -0.127. The Morgan fingerprint density at radius 1 is 1.16 bits per heavy atom. The van der Waals surface area contributed by atoms with Gasteiger partial charge in [0.05, 0.1) is 4.48 Å². The van der Waals surface area contributed by atoms with Crippen LogP contribution < -0.4 is 20.9 Å². The first-order chi connectivity index (χ1) is 18.3. The number of amides is 1. The third kappa shape index (κ3) is 9.16. The summed E-state index contributed by atoms with van der Waals surface area (Å²) >= 11 is 3.70. The Morgan fingerprint density at radius 3 is 2.50 bits per heavy atom. The van der Waals surface area contributed by atoms with Gasteiger partial charge in [-0.25, -0.2) is 4.99 Å². The molecule has 1 aliphatic carbocycles. The van der Waals surface area contributed by atoms with Crippen molar-refractivity contribution in [3.05, 3.63) is 46.2 Å². The Hall–Kier alpha value is -2.32. The summed E-state index contributed by atoms with van der Waals surface area (Å²) in [6, 6.07) is 6.74. The number of hydrogen-bond acceptors (Lipinski definition) is 5. The molecule has 1 saturated heterocycles. The van der Waals surface area contributed by atoms with Gasteiger partial charge in [0, 0.05) is 68.5 Å². The molecule has 0 unspecified atom stereocenters. The highest BCUT2D eigenvalue weighted by molar-refractivity contribution is 9.12. The highest BCUT2D eigenvalue weighted by Crippen LogP contribution is 2.30. The van der Waals surface area contributed by atoms with E-state index in [4.69, 9.17) is 0 Å². The standard InChI is InChI=1S/C30H47BrN6O/c1-6-9-29(32-14-8-15-33-30(38)24-10-7-11-24)27(31)21-34-23(4)35-28-13-12-25(20-26(28)22(2)3)37-18-16-36(5)17-19-37/h9,12-13,20-22,24,32H,6-8,10-11,14-19H2,1-5H3,(H,33,38)(H,34,35)/b27-21+,29-9-. The van der Waals surface area contributed by atoms with E-state index in [9.17, 15) is 4.79 Å². The van der Waals surface area contributed by atoms with E-state index >= 15 is 0 Å². The van der Waals surface area contributed by atoms with Crippen LogP contribution in [-0.2, 0) is 4.79 Å². The highest BCUT2D eigenvalue weighted by atomic mass is 79.9. The van der Waals surface area contributed by atoms with Crippen molar-refractivity contribution in [3.63, 3.8) is 0 Å². The smallest absolute Gasteiger partial charge is 0.223 e. The van der Waals surface area contributed by atoms with Gasteiger partial charge in [-0.2, -0.15) is 0 Å². The first-order valence-corrected chi connectivity index (χ1v) is 15.0. The number of piperazine rings is 1. The summed E-state index contributed by atoms with van der Waals surface area (Å²) in [7, 11) is 2.19. The Kier molecular flexibility index (Phi) is 12.2. The molecule has 0 aromatic heterocycles. The molecular weight excluding hydrogens is 540 g/mol. The second-order valence-corrected chi connectivity index (χ2v) is 11.6. The summed E-state index contributed by atoms with van der Waals surface area (Å²) in [6.45, 7) is 14.4. The molecule has 0 bridgehead atoms. The molecule has 1 amide bonds. The minimum absolute atomic E-state index is 0.216. The molecule has 3 N–H and O–H groups in total. The molecule has 0 atom stereocenters. The molecule has 210 valence electrons. The third-order valence-corrected chi connectivity index (χ3v) is 7.95. The molecule has 38 heavy (non-hydrogen) atoms. The van der Waals surface area contributed by atoms with E-state index < -0.39 is 0 Å². The molecule has 1 saturated carbocycles. The second kappa shape index (κ2) is 15.3. The lowest BCUT2D eigenvalue weighted by Gasteiger charge is -2.34.